The lowest BCUT2D eigenvalue weighted by Gasteiger charge is -2.22. The SMILES string of the molecule is CC=C1C=CC=CC1Nc1ccccc1C1=C(C)C=C(C)C1. The van der Waals surface area contributed by atoms with Crippen LogP contribution in [0.1, 0.15) is 32.8 Å². The minimum absolute atomic E-state index is 0.243. The molecule has 1 N–H and O–H groups in total. The summed E-state index contributed by atoms with van der Waals surface area (Å²) in [6, 6.07) is 8.89. The topological polar surface area (TPSA) is 12.0 Å². The first-order valence-corrected chi connectivity index (χ1v) is 7.93. The number of hydrogen-bond donors (Lipinski definition) is 1. The van der Waals surface area contributed by atoms with Gasteiger partial charge in [0.05, 0.1) is 6.04 Å². The highest BCUT2D eigenvalue weighted by molar-refractivity contribution is 5.83. The maximum atomic E-state index is 3.70. The van der Waals surface area contributed by atoms with Gasteiger partial charge in [-0.2, -0.15) is 0 Å². The Morgan fingerprint density at radius 3 is 2.68 bits per heavy atom. The molecule has 0 fully saturated rings. The molecule has 0 heterocycles. The van der Waals surface area contributed by atoms with Crippen molar-refractivity contribution in [3.63, 3.8) is 0 Å². The second-order valence-corrected chi connectivity index (χ2v) is 6.03. The summed E-state index contributed by atoms with van der Waals surface area (Å²) in [6.45, 7) is 6.51. The van der Waals surface area contributed by atoms with E-state index in [4.69, 9.17) is 0 Å². The Labute approximate surface area is 133 Å². The first-order valence-electron chi connectivity index (χ1n) is 7.93. The Balaban J connectivity index is 1.92. The van der Waals surface area contributed by atoms with Crippen LogP contribution in [0.2, 0.25) is 0 Å². The predicted octanol–water partition coefficient (Wildman–Crippen LogP) is 5.66. The van der Waals surface area contributed by atoms with Gasteiger partial charge in [-0.15, -0.1) is 0 Å². The summed E-state index contributed by atoms with van der Waals surface area (Å²) in [5.41, 5.74) is 8.12. The molecule has 22 heavy (non-hydrogen) atoms. The molecule has 1 nitrogen and oxygen atoms in total. The molecule has 2 aliphatic rings. The molecule has 1 atom stereocenters. The molecule has 0 aliphatic heterocycles. The van der Waals surface area contributed by atoms with Crippen LogP contribution in [0.3, 0.4) is 0 Å². The lowest BCUT2D eigenvalue weighted by Crippen LogP contribution is -2.20. The summed E-state index contributed by atoms with van der Waals surface area (Å²) < 4.78 is 0. The van der Waals surface area contributed by atoms with Crippen molar-refractivity contribution in [2.75, 3.05) is 5.32 Å². The zero-order chi connectivity index (χ0) is 15.5. The monoisotopic (exact) mass is 289 g/mol. The summed E-state index contributed by atoms with van der Waals surface area (Å²) in [7, 11) is 0. The molecule has 1 unspecified atom stereocenters. The van der Waals surface area contributed by atoms with Crippen molar-refractivity contribution in [3.05, 3.63) is 83.0 Å². The molecular formula is C21H23N. The smallest absolute Gasteiger partial charge is 0.0698 e. The maximum absolute atomic E-state index is 3.70. The average molecular weight is 289 g/mol. The van der Waals surface area contributed by atoms with Crippen molar-refractivity contribution < 1.29 is 0 Å². The van der Waals surface area contributed by atoms with Gasteiger partial charge in [0.15, 0.2) is 0 Å². The molecule has 0 spiro atoms. The Hall–Kier alpha value is -2.28. The van der Waals surface area contributed by atoms with E-state index in [1.54, 1.807) is 0 Å². The second-order valence-electron chi connectivity index (χ2n) is 6.03. The molecule has 0 saturated carbocycles. The number of allylic oxidation sites excluding steroid dienone is 7. The van der Waals surface area contributed by atoms with Crippen LogP contribution in [-0.4, -0.2) is 6.04 Å². The van der Waals surface area contributed by atoms with Gasteiger partial charge in [-0.25, -0.2) is 0 Å². The summed E-state index contributed by atoms with van der Waals surface area (Å²) >= 11 is 0. The minimum Gasteiger partial charge on any atom is -0.374 e. The third-order valence-electron chi connectivity index (χ3n) is 4.35. The van der Waals surface area contributed by atoms with E-state index in [1.807, 2.05) is 0 Å². The van der Waals surface area contributed by atoms with Gasteiger partial charge < -0.3 is 5.32 Å². The van der Waals surface area contributed by atoms with Gasteiger partial charge in [0.25, 0.3) is 0 Å². The van der Waals surface area contributed by atoms with Crippen LogP contribution < -0.4 is 5.32 Å². The Bertz CT molecular complexity index is 726. The van der Waals surface area contributed by atoms with Gasteiger partial charge in [-0.1, -0.05) is 60.2 Å². The average Bonchev–Trinajstić information content (AvgIpc) is 2.87. The van der Waals surface area contributed by atoms with Gasteiger partial charge >= 0.3 is 0 Å². The molecule has 112 valence electrons. The first-order chi connectivity index (χ1) is 10.7. The van der Waals surface area contributed by atoms with Crippen LogP contribution in [0.5, 0.6) is 0 Å². The van der Waals surface area contributed by atoms with E-state index >= 15 is 0 Å². The molecular weight excluding hydrogens is 266 g/mol. The standard InChI is InChI=1S/C21H23N/c1-4-17-9-5-7-11-20(17)22-21-12-8-6-10-18(21)19-14-15(2)13-16(19)3/h4-13,20,22H,14H2,1-3H3. The molecule has 1 aromatic rings. The highest BCUT2D eigenvalue weighted by atomic mass is 14.9. The van der Waals surface area contributed by atoms with Gasteiger partial charge in [-0.05, 0) is 50.0 Å². The minimum atomic E-state index is 0.243. The number of anilines is 1. The number of hydrogen-bond acceptors (Lipinski definition) is 1. The number of benzene rings is 1. The second kappa shape index (κ2) is 6.23. The van der Waals surface area contributed by atoms with Crippen LogP contribution in [-0.2, 0) is 0 Å². The molecule has 2 aliphatic carbocycles. The van der Waals surface area contributed by atoms with Crippen molar-refractivity contribution in [1.29, 1.82) is 0 Å². The fourth-order valence-corrected chi connectivity index (χ4v) is 3.24. The largest absolute Gasteiger partial charge is 0.374 e. The Kier molecular flexibility index (Phi) is 4.15. The number of nitrogens with one attached hydrogen (secondary N) is 1. The van der Waals surface area contributed by atoms with Crippen LogP contribution in [0.15, 0.2) is 77.4 Å². The highest BCUT2D eigenvalue weighted by Gasteiger charge is 2.17. The van der Waals surface area contributed by atoms with Crippen molar-refractivity contribution in [3.8, 4) is 0 Å². The molecule has 0 amide bonds. The lowest BCUT2D eigenvalue weighted by atomic mass is 9.97. The van der Waals surface area contributed by atoms with Crippen molar-refractivity contribution in [2.24, 2.45) is 0 Å². The van der Waals surface area contributed by atoms with E-state index in [1.165, 1.54) is 33.5 Å². The molecule has 0 bridgehead atoms. The van der Waals surface area contributed by atoms with E-state index in [-0.39, 0.29) is 6.04 Å². The molecule has 0 aromatic heterocycles. The number of rotatable bonds is 3. The van der Waals surface area contributed by atoms with Crippen molar-refractivity contribution in [1.82, 2.24) is 0 Å². The Morgan fingerprint density at radius 1 is 1.14 bits per heavy atom. The van der Waals surface area contributed by atoms with Crippen LogP contribution in [0.4, 0.5) is 5.69 Å². The maximum Gasteiger partial charge on any atom is 0.0698 e. The van der Waals surface area contributed by atoms with Crippen molar-refractivity contribution >= 4 is 11.3 Å². The fraction of sp³-hybridized carbons (Fsp3) is 0.238. The summed E-state index contributed by atoms with van der Waals surface area (Å²) in [6.07, 6.45) is 14.1. The van der Waals surface area contributed by atoms with E-state index < -0.39 is 0 Å². The lowest BCUT2D eigenvalue weighted by molar-refractivity contribution is 1.04. The molecule has 3 rings (SSSR count). The van der Waals surface area contributed by atoms with E-state index in [2.05, 4.69) is 86.8 Å². The molecule has 1 heteroatoms. The van der Waals surface area contributed by atoms with Crippen molar-refractivity contribution in [2.45, 2.75) is 33.2 Å². The first kappa shape index (κ1) is 14.6. The quantitative estimate of drug-likeness (QED) is 0.756. The van der Waals surface area contributed by atoms with Gasteiger partial charge in [-0.3, -0.25) is 0 Å². The van der Waals surface area contributed by atoms with E-state index in [0.29, 0.717) is 0 Å². The number of para-hydroxylation sites is 1. The molecule has 1 aromatic carbocycles. The van der Waals surface area contributed by atoms with E-state index in [9.17, 15) is 0 Å². The third kappa shape index (κ3) is 2.85. The summed E-state index contributed by atoms with van der Waals surface area (Å²) in [4.78, 5) is 0. The van der Waals surface area contributed by atoms with Gasteiger partial charge in [0.2, 0.25) is 0 Å². The Morgan fingerprint density at radius 2 is 1.95 bits per heavy atom. The summed E-state index contributed by atoms with van der Waals surface area (Å²) in [5.74, 6) is 0. The zero-order valence-corrected chi connectivity index (χ0v) is 13.6. The summed E-state index contributed by atoms with van der Waals surface area (Å²) in [5, 5.41) is 3.70. The van der Waals surface area contributed by atoms with Crippen LogP contribution >= 0.6 is 0 Å². The zero-order valence-electron chi connectivity index (χ0n) is 13.6. The molecule has 0 radical (unpaired) electrons. The highest BCUT2D eigenvalue weighted by Crippen LogP contribution is 2.37. The van der Waals surface area contributed by atoms with Crippen LogP contribution in [0, 0.1) is 0 Å². The predicted molar refractivity (Wildman–Crippen MR) is 96.9 cm³/mol. The van der Waals surface area contributed by atoms with Gasteiger partial charge in [0, 0.05) is 11.3 Å². The van der Waals surface area contributed by atoms with E-state index in [0.717, 1.165) is 6.42 Å². The third-order valence-corrected chi connectivity index (χ3v) is 4.35. The fourth-order valence-electron chi connectivity index (χ4n) is 3.24. The molecule has 0 saturated heterocycles. The normalized spacial score (nSPS) is 22.4. The van der Waals surface area contributed by atoms with Gasteiger partial charge in [0.1, 0.15) is 0 Å². The van der Waals surface area contributed by atoms with Crippen LogP contribution in [0.25, 0.3) is 5.57 Å².